The molecule has 2 aliphatic rings. The molecule has 32 heavy (non-hydrogen) atoms. The van der Waals surface area contributed by atoms with E-state index in [2.05, 4.69) is 39.6 Å². The van der Waals surface area contributed by atoms with E-state index in [0.717, 1.165) is 57.5 Å². The summed E-state index contributed by atoms with van der Waals surface area (Å²) in [4.78, 5) is 14.1. The maximum absolute atomic E-state index is 12.2. The fourth-order valence-electron chi connectivity index (χ4n) is 5.14. The third-order valence-corrected chi connectivity index (χ3v) is 6.71. The second kappa shape index (κ2) is 10.4. The number of ether oxygens (including phenoxy) is 1. The van der Waals surface area contributed by atoms with E-state index in [1.165, 1.54) is 11.6 Å². The molecule has 1 saturated carbocycles. The Morgan fingerprint density at radius 3 is 2.78 bits per heavy atom. The molecule has 1 saturated heterocycles. The van der Waals surface area contributed by atoms with Crippen molar-refractivity contribution in [1.29, 1.82) is 0 Å². The molecule has 1 aromatic heterocycles. The SMILES string of the molecule is C=CC(=O)N1CCCC(NC2(c3nnnn3Cc3ccccc3)CCC(OCC)CC2)C1. The summed E-state index contributed by atoms with van der Waals surface area (Å²) in [5.41, 5.74) is 0.830. The zero-order valence-corrected chi connectivity index (χ0v) is 18.9. The summed E-state index contributed by atoms with van der Waals surface area (Å²) in [5.74, 6) is 0.878. The van der Waals surface area contributed by atoms with Gasteiger partial charge in [0.2, 0.25) is 5.91 Å². The number of aromatic nitrogens is 4. The van der Waals surface area contributed by atoms with Crippen LogP contribution in [-0.4, -0.2) is 62.9 Å². The van der Waals surface area contributed by atoms with Crippen LogP contribution in [0.15, 0.2) is 43.0 Å². The lowest BCUT2D eigenvalue weighted by atomic mass is 9.78. The van der Waals surface area contributed by atoms with Crippen molar-refractivity contribution in [2.45, 2.75) is 69.7 Å². The number of likely N-dealkylation sites (tertiary alicyclic amines) is 1. The molecule has 1 aliphatic heterocycles. The molecule has 1 amide bonds. The van der Waals surface area contributed by atoms with Crippen LogP contribution in [0.1, 0.15) is 56.8 Å². The first-order valence-corrected chi connectivity index (χ1v) is 11.7. The van der Waals surface area contributed by atoms with Gasteiger partial charge in [-0.25, -0.2) is 4.68 Å². The molecule has 2 heterocycles. The molecule has 4 rings (SSSR count). The van der Waals surface area contributed by atoms with Crippen LogP contribution < -0.4 is 5.32 Å². The van der Waals surface area contributed by atoms with Crippen molar-refractivity contribution in [1.82, 2.24) is 30.4 Å². The smallest absolute Gasteiger partial charge is 0.246 e. The Bertz CT molecular complexity index is 891. The quantitative estimate of drug-likeness (QED) is 0.638. The first-order chi connectivity index (χ1) is 15.6. The average Bonchev–Trinajstić information content (AvgIpc) is 3.30. The Kier molecular flexibility index (Phi) is 7.32. The first kappa shape index (κ1) is 22.6. The Labute approximate surface area is 190 Å². The van der Waals surface area contributed by atoms with Crippen LogP contribution in [0.4, 0.5) is 0 Å². The van der Waals surface area contributed by atoms with E-state index in [1.807, 2.05) is 34.7 Å². The fourth-order valence-corrected chi connectivity index (χ4v) is 5.14. The molecule has 8 heteroatoms. The number of nitrogens with one attached hydrogen (secondary N) is 1. The Balaban J connectivity index is 1.58. The van der Waals surface area contributed by atoms with Crippen molar-refractivity contribution in [2.75, 3.05) is 19.7 Å². The van der Waals surface area contributed by atoms with Gasteiger partial charge >= 0.3 is 0 Å². The van der Waals surface area contributed by atoms with Crippen molar-refractivity contribution < 1.29 is 9.53 Å². The summed E-state index contributed by atoms with van der Waals surface area (Å²) in [5, 5.41) is 16.8. The molecule has 0 spiro atoms. The van der Waals surface area contributed by atoms with Crippen LogP contribution in [0.5, 0.6) is 0 Å². The standard InChI is InChI=1S/C24H34N6O2/c1-3-22(31)29-16-8-11-20(18-29)25-24(14-12-21(13-15-24)32-4-2)23-26-27-28-30(23)17-19-9-6-5-7-10-19/h3,5-7,9-10,20-21,25H,1,4,8,11-18H2,2H3. The maximum atomic E-state index is 12.2. The summed E-state index contributed by atoms with van der Waals surface area (Å²) in [7, 11) is 0. The van der Waals surface area contributed by atoms with Crippen LogP contribution in [0.25, 0.3) is 0 Å². The first-order valence-electron chi connectivity index (χ1n) is 11.7. The number of carbonyl (C=O) groups excluding carboxylic acids is 1. The van der Waals surface area contributed by atoms with Gasteiger partial charge in [-0.05, 0) is 67.5 Å². The maximum Gasteiger partial charge on any atom is 0.246 e. The van der Waals surface area contributed by atoms with Gasteiger partial charge in [-0.1, -0.05) is 36.9 Å². The van der Waals surface area contributed by atoms with E-state index in [4.69, 9.17) is 4.74 Å². The molecule has 1 N–H and O–H groups in total. The van der Waals surface area contributed by atoms with Gasteiger partial charge in [0, 0.05) is 25.7 Å². The second-order valence-corrected chi connectivity index (χ2v) is 8.85. The topological polar surface area (TPSA) is 85.2 Å². The van der Waals surface area contributed by atoms with Gasteiger partial charge in [-0.15, -0.1) is 5.10 Å². The second-order valence-electron chi connectivity index (χ2n) is 8.85. The molecule has 1 unspecified atom stereocenters. The minimum absolute atomic E-state index is 0.000449. The number of amides is 1. The number of piperidine rings is 1. The van der Waals surface area contributed by atoms with Gasteiger partial charge in [-0.2, -0.15) is 0 Å². The molecular formula is C24H34N6O2. The van der Waals surface area contributed by atoms with Crippen molar-refractivity contribution in [2.24, 2.45) is 0 Å². The third kappa shape index (κ3) is 5.07. The van der Waals surface area contributed by atoms with Crippen molar-refractivity contribution >= 4 is 5.91 Å². The summed E-state index contributed by atoms with van der Waals surface area (Å²) < 4.78 is 7.85. The Morgan fingerprint density at radius 1 is 1.28 bits per heavy atom. The number of benzene rings is 1. The van der Waals surface area contributed by atoms with Crippen LogP contribution in [0.3, 0.4) is 0 Å². The van der Waals surface area contributed by atoms with Gasteiger partial charge in [0.1, 0.15) is 0 Å². The van der Waals surface area contributed by atoms with Crippen LogP contribution in [0.2, 0.25) is 0 Å². The minimum Gasteiger partial charge on any atom is -0.379 e. The molecule has 2 aromatic rings. The van der Waals surface area contributed by atoms with E-state index in [-0.39, 0.29) is 23.6 Å². The van der Waals surface area contributed by atoms with Gasteiger partial charge in [0.25, 0.3) is 0 Å². The predicted octanol–water partition coefficient (Wildman–Crippen LogP) is 2.66. The molecule has 1 atom stereocenters. The molecule has 8 nitrogen and oxygen atoms in total. The van der Waals surface area contributed by atoms with Gasteiger partial charge in [-0.3, -0.25) is 4.79 Å². The lowest BCUT2D eigenvalue weighted by Crippen LogP contribution is -2.57. The van der Waals surface area contributed by atoms with Crippen LogP contribution in [0, 0.1) is 0 Å². The van der Waals surface area contributed by atoms with E-state index >= 15 is 0 Å². The van der Waals surface area contributed by atoms with Gasteiger partial charge in [0.15, 0.2) is 5.82 Å². The van der Waals surface area contributed by atoms with Crippen molar-refractivity contribution in [3.05, 3.63) is 54.4 Å². The lowest BCUT2D eigenvalue weighted by molar-refractivity contribution is -0.127. The number of rotatable bonds is 8. The highest BCUT2D eigenvalue weighted by molar-refractivity contribution is 5.87. The zero-order valence-electron chi connectivity index (χ0n) is 18.9. The summed E-state index contributed by atoms with van der Waals surface area (Å²) >= 11 is 0. The largest absolute Gasteiger partial charge is 0.379 e. The summed E-state index contributed by atoms with van der Waals surface area (Å²) in [6, 6.07) is 10.5. The lowest BCUT2D eigenvalue weighted by Gasteiger charge is -2.44. The van der Waals surface area contributed by atoms with Gasteiger partial charge < -0.3 is 15.0 Å². The average molecular weight is 439 g/mol. The highest BCUT2D eigenvalue weighted by Gasteiger charge is 2.43. The molecule has 0 bridgehead atoms. The van der Waals surface area contributed by atoms with E-state index in [1.54, 1.807) is 0 Å². The molecule has 172 valence electrons. The van der Waals surface area contributed by atoms with Crippen LogP contribution in [-0.2, 0) is 21.6 Å². The minimum atomic E-state index is -0.337. The summed E-state index contributed by atoms with van der Waals surface area (Å²) in [6.07, 6.45) is 7.41. The molecule has 0 radical (unpaired) electrons. The highest BCUT2D eigenvalue weighted by Crippen LogP contribution is 2.38. The molecular weight excluding hydrogens is 404 g/mol. The number of tetrazole rings is 1. The zero-order chi connectivity index (χ0) is 22.4. The number of hydrogen-bond donors (Lipinski definition) is 1. The molecule has 1 aromatic carbocycles. The van der Waals surface area contributed by atoms with Gasteiger partial charge in [0.05, 0.1) is 18.2 Å². The van der Waals surface area contributed by atoms with Crippen molar-refractivity contribution in [3.63, 3.8) is 0 Å². The highest BCUT2D eigenvalue weighted by atomic mass is 16.5. The molecule has 2 fully saturated rings. The summed E-state index contributed by atoms with van der Waals surface area (Å²) in [6.45, 7) is 8.54. The number of nitrogens with zero attached hydrogens (tertiary/aromatic N) is 5. The molecule has 1 aliphatic carbocycles. The van der Waals surface area contributed by atoms with E-state index in [0.29, 0.717) is 13.1 Å². The fraction of sp³-hybridized carbons (Fsp3) is 0.583. The monoisotopic (exact) mass is 438 g/mol. The number of carbonyl (C=O) groups is 1. The predicted molar refractivity (Wildman–Crippen MR) is 122 cm³/mol. The van der Waals surface area contributed by atoms with E-state index < -0.39 is 0 Å². The van der Waals surface area contributed by atoms with Crippen molar-refractivity contribution in [3.8, 4) is 0 Å². The third-order valence-electron chi connectivity index (χ3n) is 6.71. The van der Waals surface area contributed by atoms with Crippen LogP contribution >= 0.6 is 0 Å². The van der Waals surface area contributed by atoms with E-state index in [9.17, 15) is 4.79 Å². The Hall–Kier alpha value is -2.58. The number of hydrogen-bond acceptors (Lipinski definition) is 6. The Morgan fingerprint density at radius 2 is 2.06 bits per heavy atom. The normalized spacial score (nSPS) is 26.1.